The first-order valence-electron chi connectivity index (χ1n) is 8.81. The molecule has 0 spiro atoms. The number of amides is 1. The highest BCUT2D eigenvalue weighted by molar-refractivity contribution is 5.93. The summed E-state index contributed by atoms with van der Waals surface area (Å²) in [4.78, 5) is 16.7. The summed E-state index contributed by atoms with van der Waals surface area (Å²) in [5.74, 6) is -0.401. The molecule has 0 saturated carbocycles. The van der Waals surface area contributed by atoms with Crippen molar-refractivity contribution in [3.8, 4) is 5.69 Å². The van der Waals surface area contributed by atoms with Crippen molar-refractivity contribution in [1.29, 1.82) is 0 Å². The molecule has 8 heteroatoms. The molecule has 1 amide bonds. The van der Waals surface area contributed by atoms with Crippen molar-refractivity contribution in [2.75, 3.05) is 20.6 Å². The number of hydrogen-bond acceptors (Lipinski definition) is 4. The molecule has 140 valence electrons. The molecule has 0 aliphatic carbocycles. The zero-order chi connectivity index (χ0) is 19.0. The van der Waals surface area contributed by atoms with Crippen LogP contribution in [-0.4, -0.2) is 56.3 Å². The van der Waals surface area contributed by atoms with Gasteiger partial charge in [0.1, 0.15) is 5.82 Å². The summed E-state index contributed by atoms with van der Waals surface area (Å²) in [5.41, 5.74) is 4.18. The maximum atomic E-state index is 13.1. The van der Waals surface area contributed by atoms with E-state index in [1.54, 1.807) is 35.0 Å². The summed E-state index contributed by atoms with van der Waals surface area (Å²) in [7, 11) is 3.79. The maximum absolute atomic E-state index is 13.1. The van der Waals surface area contributed by atoms with Gasteiger partial charge in [-0.2, -0.15) is 10.2 Å². The second-order valence-corrected chi connectivity index (χ2v) is 6.95. The molecule has 0 bridgehead atoms. The van der Waals surface area contributed by atoms with Crippen LogP contribution in [0.4, 0.5) is 4.39 Å². The van der Waals surface area contributed by atoms with Crippen molar-refractivity contribution in [3.63, 3.8) is 0 Å². The van der Waals surface area contributed by atoms with E-state index in [4.69, 9.17) is 0 Å². The monoisotopic (exact) mass is 368 g/mol. The summed E-state index contributed by atoms with van der Waals surface area (Å²) in [6.45, 7) is 2.10. The van der Waals surface area contributed by atoms with E-state index < -0.39 is 0 Å². The molecule has 1 N–H and O–H groups in total. The molecule has 1 aliphatic heterocycles. The Morgan fingerprint density at radius 3 is 2.89 bits per heavy atom. The van der Waals surface area contributed by atoms with Gasteiger partial charge in [-0.25, -0.2) is 9.07 Å². The Labute approximate surface area is 156 Å². The fourth-order valence-electron chi connectivity index (χ4n) is 3.31. The number of benzene rings is 1. The molecular formula is C19H21FN6O. The zero-order valence-electron chi connectivity index (χ0n) is 15.3. The molecule has 1 aliphatic rings. The van der Waals surface area contributed by atoms with Crippen LogP contribution in [0.15, 0.2) is 36.7 Å². The van der Waals surface area contributed by atoms with Crippen molar-refractivity contribution >= 4 is 5.91 Å². The topological polar surface area (TPSA) is 70.1 Å². The van der Waals surface area contributed by atoms with E-state index in [9.17, 15) is 9.18 Å². The quantitative estimate of drug-likeness (QED) is 0.765. The van der Waals surface area contributed by atoms with E-state index in [0.29, 0.717) is 12.2 Å². The van der Waals surface area contributed by atoms with Crippen LogP contribution >= 0.6 is 0 Å². The highest BCUT2D eigenvalue weighted by atomic mass is 19.1. The molecule has 7 nitrogen and oxygen atoms in total. The second kappa shape index (κ2) is 6.96. The number of carbonyl (C=O) groups excluding carboxylic acids is 1. The van der Waals surface area contributed by atoms with Crippen LogP contribution in [0.5, 0.6) is 0 Å². The molecule has 3 heterocycles. The minimum absolute atomic E-state index is 0.114. The van der Waals surface area contributed by atoms with Crippen LogP contribution in [0.2, 0.25) is 0 Å². The van der Waals surface area contributed by atoms with E-state index in [1.165, 1.54) is 12.1 Å². The van der Waals surface area contributed by atoms with Crippen molar-refractivity contribution in [2.24, 2.45) is 0 Å². The Bertz CT molecular complexity index is 961. The number of aromatic nitrogens is 4. The zero-order valence-corrected chi connectivity index (χ0v) is 15.3. The number of rotatable bonds is 4. The maximum Gasteiger partial charge on any atom is 0.274 e. The lowest BCUT2D eigenvalue weighted by molar-refractivity contribution is 0.0777. The number of fused-ring (bicyclic) bond motifs is 1. The minimum Gasteiger partial charge on any atom is -0.336 e. The lowest BCUT2D eigenvalue weighted by atomic mass is 10.1. The molecule has 0 atom stereocenters. The average Bonchev–Trinajstić information content (AvgIpc) is 3.28. The predicted molar refractivity (Wildman–Crippen MR) is 97.9 cm³/mol. The lowest BCUT2D eigenvalue weighted by Crippen LogP contribution is -2.30. The normalized spacial score (nSPS) is 14.2. The van der Waals surface area contributed by atoms with Crippen molar-refractivity contribution in [2.45, 2.75) is 19.5 Å². The largest absolute Gasteiger partial charge is 0.336 e. The van der Waals surface area contributed by atoms with Gasteiger partial charge in [-0.3, -0.25) is 9.89 Å². The van der Waals surface area contributed by atoms with Crippen molar-refractivity contribution in [3.05, 3.63) is 65.0 Å². The number of nitrogens with zero attached hydrogens (tertiary/aromatic N) is 5. The van der Waals surface area contributed by atoms with Gasteiger partial charge in [0.15, 0.2) is 5.69 Å². The molecule has 1 aromatic carbocycles. The molecule has 3 aromatic rings. The number of hydrogen-bond donors (Lipinski definition) is 1. The Morgan fingerprint density at radius 1 is 1.33 bits per heavy atom. The molecule has 0 radical (unpaired) electrons. The molecule has 0 fully saturated rings. The van der Waals surface area contributed by atoms with Crippen LogP contribution in [0.3, 0.4) is 0 Å². The molecule has 2 aromatic heterocycles. The van der Waals surface area contributed by atoms with E-state index in [1.807, 2.05) is 13.2 Å². The molecule has 0 saturated heterocycles. The summed E-state index contributed by atoms with van der Waals surface area (Å²) < 4.78 is 14.7. The van der Waals surface area contributed by atoms with Crippen LogP contribution in [-0.2, 0) is 19.5 Å². The summed E-state index contributed by atoms with van der Waals surface area (Å²) in [6, 6.07) is 6.11. The summed E-state index contributed by atoms with van der Waals surface area (Å²) in [6.07, 6.45) is 4.42. The highest BCUT2D eigenvalue weighted by Crippen LogP contribution is 2.21. The molecule has 4 rings (SSSR count). The van der Waals surface area contributed by atoms with Crippen LogP contribution in [0.1, 0.15) is 27.3 Å². The third-order valence-corrected chi connectivity index (χ3v) is 4.82. The first-order chi connectivity index (χ1) is 13.0. The van der Waals surface area contributed by atoms with Crippen LogP contribution in [0.25, 0.3) is 5.69 Å². The first kappa shape index (κ1) is 17.4. The number of carbonyl (C=O) groups is 1. The Hall–Kier alpha value is -3.00. The Kier molecular flexibility index (Phi) is 4.49. The average molecular weight is 368 g/mol. The first-order valence-corrected chi connectivity index (χ1v) is 8.81. The van der Waals surface area contributed by atoms with Crippen LogP contribution in [0, 0.1) is 5.82 Å². The SMILES string of the molecule is CN1CCc2[nH]nc(C(=O)N(C)Cc3cnn(-c4ccc(F)cc4)c3)c2C1. The number of nitrogens with one attached hydrogen (secondary N) is 1. The molecule has 0 unspecified atom stereocenters. The minimum atomic E-state index is -0.288. The van der Waals surface area contributed by atoms with Gasteiger partial charge in [-0.05, 0) is 31.3 Å². The molecular weight excluding hydrogens is 347 g/mol. The van der Waals surface area contributed by atoms with E-state index in [0.717, 1.165) is 42.0 Å². The standard InChI is InChI=1S/C19H21FN6O/c1-24-8-7-17-16(12-24)18(23-22-17)19(27)25(2)10-13-9-21-26(11-13)15-5-3-14(20)4-6-15/h3-6,9,11H,7-8,10,12H2,1-2H3,(H,22,23). The fraction of sp³-hybridized carbons (Fsp3) is 0.316. The van der Waals surface area contributed by atoms with Crippen molar-refractivity contribution < 1.29 is 9.18 Å². The van der Waals surface area contributed by atoms with Gasteiger partial charge in [0.2, 0.25) is 0 Å². The number of likely N-dealkylation sites (N-methyl/N-ethyl adjacent to an activating group) is 1. The third kappa shape index (κ3) is 3.48. The Morgan fingerprint density at radius 2 is 2.11 bits per heavy atom. The van der Waals surface area contributed by atoms with Crippen LogP contribution < -0.4 is 0 Å². The van der Waals surface area contributed by atoms with E-state index >= 15 is 0 Å². The predicted octanol–water partition coefficient (Wildman–Crippen LogP) is 1.99. The number of halogens is 1. The van der Waals surface area contributed by atoms with E-state index in [-0.39, 0.29) is 11.7 Å². The van der Waals surface area contributed by atoms with Gasteiger partial charge < -0.3 is 9.80 Å². The Balaban J connectivity index is 1.48. The number of aromatic amines is 1. The number of H-pyrrole nitrogens is 1. The van der Waals surface area contributed by atoms with Gasteiger partial charge in [-0.1, -0.05) is 0 Å². The van der Waals surface area contributed by atoms with Gasteiger partial charge in [-0.15, -0.1) is 0 Å². The smallest absolute Gasteiger partial charge is 0.274 e. The van der Waals surface area contributed by atoms with Gasteiger partial charge in [0, 0.05) is 56.1 Å². The van der Waals surface area contributed by atoms with Gasteiger partial charge in [0.25, 0.3) is 5.91 Å². The van der Waals surface area contributed by atoms with Gasteiger partial charge >= 0.3 is 0 Å². The van der Waals surface area contributed by atoms with Crippen molar-refractivity contribution in [1.82, 2.24) is 29.8 Å². The summed E-state index contributed by atoms with van der Waals surface area (Å²) >= 11 is 0. The lowest BCUT2D eigenvalue weighted by Gasteiger charge is -2.23. The van der Waals surface area contributed by atoms with E-state index in [2.05, 4.69) is 20.2 Å². The third-order valence-electron chi connectivity index (χ3n) is 4.82. The van der Waals surface area contributed by atoms with Gasteiger partial charge in [0.05, 0.1) is 11.9 Å². The fourth-order valence-corrected chi connectivity index (χ4v) is 3.31. The highest BCUT2D eigenvalue weighted by Gasteiger charge is 2.26. The molecule has 27 heavy (non-hydrogen) atoms. The second-order valence-electron chi connectivity index (χ2n) is 6.95. The summed E-state index contributed by atoms with van der Waals surface area (Å²) in [5, 5.41) is 11.6.